The zero-order valence-electron chi connectivity index (χ0n) is 16.9. The summed E-state index contributed by atoms with van der Waals surface area (Å²) in [6, 6.07) is 7.59. The van der Waals surface area contributed by atoms with Gasteiger partial charge in [-0.25, -0.2) is 0 Å². The van der Waals surface area contributed by atoms with Crippen molar-refractivity contribution in [1.29, 1.82) is 0 Å². The monoisotopic (exact) mass is 422 g/mol. The Labute approximate surface area is 178 Å². The molecule has 7 nitrogen and oxygen atoms in total. The van der Waals surface area contributed by atoms with Crippen molar-refractivity contribution >= 4 is 18.3 Å². The largest absolute Gasteiger partial charge is 0.497 e. The van der Waals surface area contributed by atoms with Gasteiger partial charge in [0.1, 0.15) is 5.75 Å². The van der Waals surface area contributed by atoms with Gasteiger partial charge in [0.2, 0.25) is 17.6 Å². The molecule has 1 aliphatic carbocycles. The van der Waals surface area contributed by atoms with Gasteiger partial charge in [-0.15, -0.1) is 12.4 Å². The van der Waals surface area contributed by atoms with Crippen molar-refractivity contribution in [2.24, 2.45) is 11.7 Å². The minimum Gasteiger partial charge on any atom is -0.497 e. The van der Waals surface area contributed by atoms with Crippen LogP contribution in [0.5, 0.6) is 5.75 Å². The van der Waals surface area contributed by atoms with Gasteiger partial charge >= 0.3 is 0 Å². The number of hydrogen-bond acceptors (Lipinski definition) is 6. The summed E-state index contributed by atoms with van der Waals surface area (Å²) >= 11 is 0. The number of aromatic nitrogens is 2. The summed E-state index contributed by atoms with van der Waals surface area (Å²) in [6.45, 7) is 0.505. The van der Waals surface area contributed by atoms with E-state index in [-0.39, 0.29) is 24.4 Å². The normalized spacial score (nSPS) is 15.4. The van der Waals surface area contributed by atoms with E-state index in [1.165, 1.54) is 19.3 Å². The van der Waals surface area contributed by atoms with Gasteiger partial charge in [-0.2, -0.15) is 4.98 Å². The van der Waals surface area contributed by atoms with Crippen molar-refractivity contribution in [3.05, 3.63) is 30.2 Å². The van der Waals surface area contributed by atoms with Crippen LogP contribution in [-0.4, -0.2) is 35.7 Å². The van der Waals surface area contributed by atoms with Gasteiger partial charge in [0.05, 0.1) is 7.11 Å². The highest BCUT2D eigenvalue weighted by atomic mass is 35.5. The number of halogens is 1. The molecule has 1 amide bonds. The molecule has 0 spiro atoms. The number of hydrogen-bond donors (Lipinski definition) is 2. The average Bonchev–Trinajstić information content (AvgIpc) is 3.21. The molecule has 1 aromatic heterocycles. The minimum absolute atomic E-state index is 0. The lowest BCUT2D eigenvalue weighted by Gasteiger charge is -2.30. The van der Waals surface area contributed by atoms with E-state index in [9.17, 15) is 4.79 Å². The van der Waals surface area contributed by atoms with Crippen LogP contribution < -0.4 is 15.8 Å². The Balaban J connectivity index is 0.00000300. The number of methoxy groups -OCH3 is 1. The SMILES string of the molecule is COc1ccc(-c2noc(CCCC(=O)NC(CN)C3CCCCC3)n2)cc1.Cl. The topological polar surface area (TPSA) is 103 Å². The van der Waals surface area contributed by atoms with Crippen molar-refractivity contribution in [2.45, 2.75) is 57.4 Å². The summed E-state index contributed by atoms with van der Waals surface area (Å²) in [5.74, 6) is 2.44. The number of ether oxygens (including phenoxy) is 1. The van der Waals surface area contributed by atoms with Crippen LogP contribution in [0.4, 0.5) is 0 Å². The number of carbonyl (C=O) groups is 1. The Morgan fingerprint density at radius 2 is 2.00 bits per heavy atom. The number of nitrogens with two attached hydrogens (primary N) is 1. The molecule has 0 saturated heterocycles. The second kappa shape index (κ2) is 11.8. The molecular weight excluding hydrogens is 392 g/mol. The Morgan fingerprint density at radius 1 is 1.28 bits per heavy atom. The zero-order chi connectivity index (χ0) is 19.8. The highest BCUT2D eigenvalue weighted by Crippen LogP contribution is 2.26. The molecule has 3 N–H and O–H groups in total. The highest BCUT2D eigenvalue weighted by molar-refractivity contribution is 5.85. The number of carbonyl (C=O) groups excluding carboxylic acids is 1. The van der Waals surface area contributed by atoms with Crippen LogP contribution in [-0.2, 0) is 11.2 Å². The predicted octanol–water partition coefficient (Wildman–Crippen LogP) is 3.51. The molecular formula is C21H31ClN4O3. The fourth-order valence-corrected chi connectivity index (χ4v) is 3.80. The second-order valence-electron chi connectivity index (χ2n) is 7.40. The van der Waals surface area contributed by atoms with E-state index >= 15 is 0 Å². The Bertz CT molecular complexity index is 745. The molecule has 1 atom stereocenters. The maximum absolute atomic E-state index is 12.3. The standard InChI is InChI=1S/C21H30N4O3.ClH/c1-27-17-12-10-16(11-13-17)21-24-20(28-25-21)9-5-8-19(26)23-18(14-22)15-6-3-2-4-7-15;/h10-13,15,18H,2-9,14,22H2,1H3,(H,23,26);1H. The van der Waals surface area contributed by atoms with Crippen LogP contribution in [0.15, 0.2) is 28.8 Å². The lowest BCUT2D eigenvalue weighted by Crippen LogP contribution is -2.45. The van der Waals surface area contributed by atoms with E-state index in [1.807, 2.05) is 24.3 Å². The number of amides is 1. The fraction of sp³-hybridized carbons (Fsp3) is 0.571. The molecule has 2 aromatic rings. The maximum atomic E-state index is 12.3. The first-order valence-corrected chi connectivity index (χ1v) is 10.2. The molecule has 1 fully saturated rings. The van der Waals surface area contributed by atoms with Gasteiger partial charge < -0.3 is 20.3 Å². The first kappa shape index (κ1) is 23.2. The molecule has 0 aliphatic heterocycles. The van der Waals surface area contributed by atoms with E-state index in [4.69, 9.17) is 15.0 Å². The molecule has 29 heavy (non-hydrogen) atoms. The first-order chi connectivity index (χ1) is 13.7. The number of aryl methyl sites for hydroxylation is 1. The van der Waals surface area contributed by atoms with Crippen molar-refractivity contribution in [3.63, 3.8) is 0 Å². The van der Waals surface area contributed by atoms with Crippen LogP contribution in [0.1, 0.15) is 50.8 Å². The number of rotatable bonds is 9. The third kappa shape index (κ3) is 6.72. The quantitative estimate of drug-likeness (QED) is 0.640. The summed E-state index contributed by atoms with van der Waals surface area (Å²) < 4.78 is 10.5. The predicted molar refractivity (Wildman–Crippen MR) is 114 cm³/mol. The average molecular weight is 423 g/mol. The van der Waals surface area contributed by atoms with Crippen molar-refractivity contribution in [2.75, 3.05) is 13.7 Å². The van der Waals surface area contributed by atoms with Crippen molar-refractivity contribution in [3.8, 4) is 17.1 Å². The molecule has 0 radical (unpaired) electrons. The third-order valence-corrected chi connectivity index (χ3v) is 5.43. The number of benzene rings is 1. The molecule has 160 valence electrons. The lowest BCUT2D eigenvalue weighted by molar-refractivity contribution is -0.122. The smallest absolute Gasteiger partial charge is 0.226 e. The minimum atomic E-state index is 0. The van der Waals surface area contributed by atoms with Gasteiger partial charge in [-0.05, 0) is 49.4 Å². The number of nitrogens with one attached hydrogen (secondary N) is 1. The van der Waals surface area contributed by atoms with Gasteiger partial charge in [-0.1, -0.05) is 24.4 Å². The maximum Gasteiger partial charge on any atom is 0.226 e. The fourth-order valence-electron chi connectivity index (χ4n) is 3.80. The molecule has 8 heteroatoms. The third-order valence-electron chi connectivity index (χ3n) is 5.43. The summed E-state index contributed by atoms with van der Waals surface area (Å²) in [5.41, 5.74) is 6.76. The Hall–Kier alpha value is -2.12. The van der Waals surface area contributed by atoms with Crippen molar-refractivity contribution < 1.29 is 14.1 Å². The van der Waals surface area contributed by atoms with Crippen LogP contribution in [0.3, 0.4) is 0 Å². The molecule has 1 saturated carbocycles. The summed E-state index contributed by atoms with van der Waals surface area (Å²) in [4.78, 5) is 16.7. The van der Waals surface area contributed by atoms with E-state index in [1.54, 1.807) is 7.11 Å². The summed E-state index contributed by atoms with van der Waals surface area (Å²) in [6.07, 6.45) is 7.78. The second-order valence-corrected chi connectivity index (χ2v) is 7.40. The highest BCUT2D eigenvalue weighted by Gasteiger charge is 2.23. The molecule has 1 aromatic carbocycles. The molecule has 0 bridgehead atoms. The van der Waals surface area contributed by atoms with E-state index in [0.29, 0.717) is 43.4 Å². The van der Waals surface area contributed by atoms with Crippen LogP contribution in [0.2, 0.25) is 0 Å². The zero-order valence-corrected chi connectivity index (χ0v) is 17.7. The molecule has 1 unspecified atom stereocenters. The van der Waals surface area contributed by atoms with Gasteiger partial charge in [0.15, 0.2) is 0 Å². The van der Waals surface area contributed by atoms with E-state index < -0.39 is 0 Å². The van der Waals surface area contributed by atoms with Crippen LogP contribution in [0, 0.1) is 5.92 Å². The summed E-state index contributed by atoms with van der Waals surface area (Å²) in [7, 11) is 1.63. The lowest BCUT2D eigenvalue weighted by atomic mass is 9.84. The van der Waals surface area contributed by atoms with Gasteiger partial charge in [-0.3, -0.25) is 4.79 Å². The van der Waals surface area contributed by atoms with E-state index in [0.717, 1.165) is 24.2 Å². The van der Waals surface area contributed by atoms with Crippen LogP contribution >= 0.6 is 12.4 Å². The first-order valence-electron chi connectivity index (χ1n) is 10.2. The molecule has 3 rings (SSSR count). The number of nitrogens with zero attached hydrogens (tertiary/aromatic N) is 2. The van der Waals surface area contributed by atoms with E-state index in [2.05, 4.69) is 15.5 Å². The van der Waals surface area contributed by atoms with Gasteiger partial charge in [0, 0.05) is 31.0 Å². The molecule has 1 heterocycles. The van der Waals surface area contributed by atoms with Crippen molar-refractivity contribution in [1.82, 2.24) is 15.5 Å². The molecule has 1 aliphatic rings. The summed E-state index contributed by atoms with van der Waals surface area (Å²) in [5, 5.41) is 7.14. The van der Waals surface area contributed by atoms with Gasteiger partial charge in [0.25, 0.3) is 0 Å². The Morgan fingerprint density at radius 3 is 2.66 bits per heavy atom. The Kier molecular flexibility index (Phi) is 9.41. The van der Waals surface area contributed by atoms with Crippen LogP contribution in [0.25, 0.3) is 11.4 Å².